The van der Waals surface area contributed by atoms with E-state index in [4.69, 9.17) is 21.7 Å². The molecule has 1 aliphatic heterocycles. The third-order valence-electron chi connectivity index (χ3n) is 4.51. The number of amides is 2. The van der Waals surface area contributed by atoms with Crippen molar-refractivity contribution >= 4 is 46.2 Å². The highest BCUT2D eigenvalue weighted by atomic mass is 32.2. The first-order chi connectivity index (χ1) is 14.9. The monoisotopic (exact) mass is 456 g/mol. The van der Waals surface area contributed by atoms with Gasteiger partial charge in [0, 0.05) is 5.56 Å². The molecule has 1 atom stereocenters. The Balaban J connectivity index is 1.78. The van der Waals surface area contributed by atoms with E-state index < -0.39 is 5.91 Å². The SMILES string of the molecule is CCOc1cc(/C=C2/SC(=S)N(NC(=O)c3ccccc3)C2=O)ccc1OC(C)CC. The van der Waals surface area contributed by atoms with Crippen LogP contribution >= 0.6 is 24.0 Å². The van der Waals surface area contributed by atoms with Gasteiger partial charge in [-0.05, 0) is 68.4 Å². The maximum absolute atomic E-state index is 12.8. The maximum atomic E-state index is 12.8. The molecule has 3 rings (SSSR count). The van der Waals surface area contributed by atoms with E-state index in [1.807, 2.05) is 38.1 Å². The molecule has 1 saturated heterocycles. The first-order valence-corrected chi connectivity index (χ1v) is 11.2. The van der Waals surface area contributed by atoms with Gasteiger partial charge in [-0.2, -0.15) is 5.01 Å². The number of hydrogen-bond donors (Lipinski definition) is 1. The van der Waals surface area contributed by atoms with Crippen LogP contribution in [0.15, 0.2) is 53.4 Å². The van der Waals surface area contributed by atoms with Crippen LogP contribution in [0.1, 0.15) is 43.1 Å². The third kappa shape index (κ3) is 5.65. The van der Waals surface area contributed by atoms with Crippen LogP contribution in [0.5, 0.6) is 11.5 Å². The number of thiocarbonyl (C=S) groups is 1. The van der Waals surface area contributed by atoms with Gasteiger partial charge in [0.15, 0.2) is 15.8 Å². The Kier molecular flexibility index (Phi) is 7.70. The summed E-state index contributed by atoms with van der Waals surface area (Å²) in [4.78, 5) is 25.6. The Hall–Kier alpha value is -2.84. The lowest BCUT2D eigenvalue weighted by Gasteiger charge is -2.16. The van der Waals surface area contributed by atoms with Crippen LogP contribution in [0.25, 0.3) is 6.08 Å². The predicted molar refractivity (Wildman–Crippen MR) is 127 cm³/mol. The van der Waals surface area contributed by atoms with Crippen molar-refractivity contribution in [2.45, 2.75) is 33.3 Å². The third-order valence-corrected chi connectivity index (χ3v) is 5.81. The summed E-state index contributed by atoms with van der Waals surface area (Å²) >= 11 is 6.43. The zero-order chi connectivity index (χ0) is 22.4. The van der Waals surface area contributed by atoms with Crippen molar-refractivity contribution in [3.05, 3.63) is 64.6 Å². The minimum atomic E-state index is -0.400. The molecule has 0 saturated carbocycles. The quantitative estimate of drug-likeness (QED) is 0.454. The molecule has 6 nitrogen and oxygen atoms in total. The van der Waals surface area contributed by atoms with E-state index in [0.717, 1.165) is 28.8 Å². The fourth-order valence-corrected chi connectivity index (χ4v) is 3.93. The van der Waals surface area contributed by atoms with Crippen LogP contribution in [0.3, 0.4) is 0 Å². The second-order valence-electron chi connectivity index (χ2n) is 6.80. The second kappa shape index (κ2) is 10.5. The number of hydrazine groups is 1. The van der Waals surface area contributed by atoms with Gasteiger partial charge in [0.1, 0.15) is 0 Å². The van der Waals surface area contributed by atoms with Crippen molar-refractivity contribution < 1.29 is 19.1 Å². The van der Waals surface area contributed by atoms with E-state index in [2.05, 4.69) is 12.3 Å². The number of carbonyl (C=O) groups excluding carboxylic acids is 2. The van der Waals surface area contributed by atoms with Gasteiger partial charge in [0.2, 0.25) is 0 Å². The zero-order valence-electron chi connectivity index (χ0n) is 17.6. The Morgan fingerprint density at radius 1 is 1.19 bits per heavy atom. The first kappa shape index (κ1) is 22.8. The van der Waals surface area contributed by atoms with Crippen LogP contribution in [-0.4, -0.2) is 33.9 Å². The van der Waals surface area contributed by atoms with Gasteiger partial charge in [0.25, 0.3) is 11.8 Å². The van der Waals surface area contributed by atoms with Gasteiger partial charge >= 0.3 is 0 Å². The second-order valence-corrected chi connectivity index (χ2v) is 8.48. The molecule has 1 fully saturated rings. The molecule has 0 spiro atoms. The molecule has 8 heteroatoms. The Morgan fingerprint density at radius 3 is 2.61 bits per heavy atom. The summed E-state index contributed by atoms with van der Waals surface area (Å²) in [5.74, 6) is 0.501. The van der Waals surface area contributed by atoms with Crippen LogP contribution < -0.4 is 14.9 Å². The topological polar surface area (TPSA) is 67.9 Å². The standard InChI is InChI=1S/C23H24N2O4S2/c1-4-15(3)29-18-12-11-16(13-19(18)28-5-2)14-20-22(27)25(23(30)31-20)24-21(26)17-9-7-6-8-10-17/h6-15H,4-5H2,1-3H3,(H,24,26)/b20-14+. The molecule has 2 amide bonds. The number of ether oxygens (including phenoxy) is 2. The van der Waals surface area contributed by atoms with Crippen LogP contribution in [0.4, 0.5) is 0 Å². The van der Waals surface area contributed by atoms with Crippen molar-refractivity contribution in [2.75, 3.05) is 6.61 Å². The van der Waals surface area contributed by atoms with Gasteiger partial charge < -0.3 is 9.47 Å². The summed E-state index contributed by atoms with van der Waals surface area (Å²) in [6.45, 7) is 6.45. The molecule has 162 valence electrons. The van der Waals surface area contributed by atoms with Gasteiger partial charge in [-0.25, -0.2) is 0 Å². The van der Waals surface area contributed by atoms with Gasteiger partial charge in [-0.15, -0.1) is 0 Å². The molecule has 2 aromatic rings. The number of carbonyl (C=O) groups is 2. The summed E-state index contributed by atoms with van der Waals surface area (Å²) in [6, 6.07) is 14.2. The maximum Gasteiger partial charge on any atom is 0.285 e. The molecule has 0 aromatic heterocycles. The molecule has 0 bridgehead atoms. The number of rotatable bonds is 8. The average Bonchev–Trinajstić information content (AvgIpc) is 3.03. The van der Waals surface area contributed by atoms with Crippen molar-refractivity contribution in [1.29, 1.82) is 0 Å². The molecule has 31 heavy (non-hydrogen) atoms. The summed E-state index contributed by atoms with van der Waals surface area (Å²) in [5, 5.41) is 1.10. The highest BCUT2D eigenvalue weighted by Crippen LogP contribution is 2.34. The lowest BCUT2D eigenvalue weighted by atomic mass is 10.1. The number of thioether (sulfide) groups is 1. The van der Waals surface area contributed by atoms with Gasteiger partial charge in [-0.3, -0.25) is 15.0 Å². The Morgan fingerprint density at radius 2 is 1.94 bits per heavy atom. The summed E-state index contributed by atoms with van der Waals surface area (Å²) in [5.41, 5.74) is 3.79. The van der Waals surface area contributed by atoms with Crippen molar-refractivity contribution in [1.82, 2.24) is 10.4 Å². The first-order valence-electron chi connectivity index (χ1n) is 10.00. The predicted octanol–water partition coefficient (Wildman–Crippen LogP) is 4.81. The van der Waals surface area contributed by atoms with Crippen LogP contribution in [0, 0.1) is 0 Å². The lowest BCUT2D eigenvalue weighted by molar-refractivity contribution is -0.123. The number of nitrogens with zero attached hydrogens (tertiary/aromatic N) is 1. The molecule has 1 N–H and O–H groups in total. The van der Waals surface area contributed by atoms with Crippen LogP contribution in [0.2, 0.25) is 0 Å². The van der Waals surface area contributed by atoms with E-state index >= 15 is 0 Å². The molecular weight excluding hydrogens is 432 g/mol. The minimum Gasteiger partial charge on any atom is -0.490 e. The van der Waals surface area contributed by atoms with E-state index in [1.165, 1.54) is 0 Å². The fourth-order valence-electron chi connectivity index (χ4n) is 2.75. The largest absolute Gasteiger partial charge is 0.490 e. The highest BCUT2D eigenvalue weighted by Gasteiger charge is 2.33. The summed E-state index contributed by atoms with van der Waals surface area (Å²) < 4.78 is 11.9. The van der Waals surface area contributed by atoms with Gasteiger partial charge in [0.05, 0.1) is 17.6 Å². The van der Waals surface area contributed by atoms with Crippen molar-refractivity contribution in [3.63, 3.8) is 0 Å². The number of nitrogens with one attached hydrogen (secondary N) is 1. The normalized spacial score (nSPS) is 15.8. The summed E-state index contributed by atoms with van der Waals surface area (Å²) in [6.07, 6.45) is 2.67. The molecule has 1 aliphatic rings. The minimum absolute atomic E-state index is 0.0644. The summed E-state index contributed by atoms with van der Waals surface area (Å²) in [7, 11) is 0. The molecule has 1 heterocycles. The zero-order valence-corrected chi connectivity index (χ0v) is 19.2. The number of benzene rings is 2. The molecular formula is C23H24N2O4S2. The van der Waals surface area contributed by atoms with Crippen molar-refractivity contribution in [3.8, 4) is 11.5 Å². The molecule has 2 aromatic carbocycles. The van der Waals surface area contributed by atoms with E-state index in [9.17, 15) is 9.59 Å². The van der Waals surface area contributed by atoms with Crippen molar-refractivity contribution in [2.24, 2.45) is 0 Å². The van der Waals surface area contributed by atoms with E-state index in [1.54, 1.807) is 30.3 Å². The molecule has 1 unspecified atom stereocenters. The molecule has 0 radical (unpaired) electrons. The highest BCUT2D eigenvalue weighted by molar-refractivity contribution is 8.26. The lowest BCUT2D eigenvalue weighted by Crippen LogP contribution is -2.44. The fraction of sp³-hybridized carbons (Fsp3) is 0.261. The molecule has 0 aliphatic carbocycles. The van der Waals surface area contributed by atoms with E-state index in [0.29, 0.717) is 28.6 Å². The average molecular weight is 457 g/mol. The Bertz CT molecular complexity index is 1010. The smallest absolute Gasteiger partial charge is 0.285 e. The van der Waals surface area contributed by atoms with Gasteiger partial charge in [-0.1, -0.05) is 43.0 Å². The number of hydrogen-bond acceptors (Lipinski definition) is 6. The Labute approximate surface area is 191 Å². The van der Waals surface area contributed by atoms with Crippen LogP contribution in [-0.2, 0) is 4.79 Å². The van der Waals surface area contributed by atoms with E-state index in [-0.39, 0.29) is 16.3 Å².